The molecule has 0 aliphatic carbocycles. The van der Waals surface area contributed by atoms with Crippen LogP contribution in [0.1, 0.15) is 25.3 Å². The molecule has 7 heteroatoms. The van der Waals surface area contributed by atoms with Gasteiger partial charge in [-0.3, -0.25) is 9.97 Å². The van der Waals surface area contributed by atoms with Gasteiger partial charge in [0.25, 0.3) is 0 Å². The summed E-state index contributed by atoms with van der Waals surface area (Å²) in [6.07, 6.45) is 7.59. The second-order valence-electron chi connectivity index (χ2n) is 6.42. The normalized spacial score (nSPS) is 19.5. The van der Waals surface area contributed by atoms with Crippen LogP contribution in [0.15, 0.2) is 54.1 Å². The predicted octanol–water partition coefficient (Wildman–Crippen LogP) is 2.66. The highest BCUT2D eigenvalue weighted by atomic mass is 19.1. The lowest BCUT2D eigenvalue weighted by atomic mass is 10.2. The molecule has 2 aromatic rings. The van der Waals surface area contributed by atoms with Crippen LogP contribution in [0, 0.1) is 0 Å². The van der Waals surface area contributed by atoms with Gasteiger partial charge in [-0.1, -0.05) is 6.07 Å². The van der Waals surface area contributed by atoms with Gasteiger partial charge < -0.3 is 21.1 Å². The third-order valence-corrected chi connectivity index (χ3v) is 4.34. The Bertz CT molecular complexity index is 814. The van der Waals surface area contributed by atoms with Crippen molar-refractivity contribution in [1.82, 2.24) is 25.9 Å². The minimum atomic E-state index is -0.570. The summed E-state index contributed by atoms with van der Waals surface area (Å²) >= 11 is 0. The van der Waals surface area contributed by atoms with Crippen LogP contribution in [-0.2, 0) is 6.54 Å². The van der Waals surface area contributed by atoms with Crippen LogP contribution in [0.2, 0.25) is 0 Å². The van der Waals surface area contributed by atoms with Crippen LogP contribution >= 0.6 is 0 Å². The lowest BCUT2D eigenvalue weighted by Crippen LogP contribution is -2.24. The maximum Gasteiger partial charge on any atom is 0.173 e. The fraction of sp³-hybridized carbons (Fsp3) is 0.368. The lowest BCUT2D eigenvalue weighted by molar-refractivity contribution is 0.370. The minimum absolute atomic E-state index is 0.0164. The summed E-state index contributed by atoms with van der Waals surface area (Å²) in [4.78, 5) is 8.42. The summed E-state index contributed by atoms with van der Waals surface area (Å²) in [5.74, 6) is -0.913. The van der Waals surface area contributed by atoms with Gasteiger partial charge in [0.05, 0.1) is 23.3 Å². The highest BCUT2D eigenvalue weighted by Gasteiger charge is 2.14. The van der Waals surface area contributed by atoms with Crippen molar-refractivity contribution in [3.05, 3.63) is 59.6 Å². The molecular weight excluding hydrogens is 333 g/mol. The molecule has 0 radical (unpaired) electrons. The number of rotatable bonds is 3. The standard InChI is InChI=1S/C14H13FN4O.C5H11N/c15-10-7-16-8-13(14(10)20)19-6-9-1-2-11-12(5-9)18-4-3-17-11;1-5-3-2-4-6-5/h1-5,8,16,19-20H,6-7H2;5-6H,2-4H2,1H3. The molecule has 6 nitrogen and oxygen atoms in total. The Balaban J connectivity index is 0.000000278. The summed E-state index contributed by atoms with van der Waals surface area (Å²) in [6.45, 7) is 3.94. The first kappa shape index (κ1) is 18.1. The SMILES string of the molecule is CC1CCCN1.OC1=C(F)CNC=C1NCc1ccc2nccnc2c1. The average Bonchev–Trinajstić information content (AvgIpc) is 3.14. The number of nitrogens with one attached hydrogen (secondary N) is 3. The third kappa shape index (κ3) is 4.70. The van der Waals surface area contributed by atoms with Crippen molar-refractivity contribution in [3.63, 3.8) is 0 Å². The lowest BCUT2D eigenvalue weighted by Gasteiger charge is -2.16. The maximum atomic E-state index is 13.2. The number of hydrogen-bond donors (Lipinski definition) is 4. The molecule has 3 heterocycles. The molecule has 4 N–H and O–H groups in total. The van der Waals surface area contributed by atoms with Gasteiger partial charge in [-0.15, -0.1) is 0 Å². The van der Waals surface area contributed by atoms with Crippen LogP contribution in [0.3, 0.4) is 0 Å². The maximum absolute atomic E-state index is 13.2. The second kappa shape index (κ2) is 8.62. The predicted molar refractivity (Wildman–Crippen MR) is 99.9 cm³/mol. The van der Waals surface area contributed by atoms with E-state index in [2.05, 4.69) is 32.8 Å². The first-order valence-electron chi connectivity index (χ1n) is 8.82. The van der Waals surface area contributed by atoms with E-state index in [-0.39, 0.29) is 12.3 Å². The van der Waals surface area contributed by atoms with E-state index in [1.165, 1.54) is 19.4 Å². The first-order chi connectivity index (χ1) is 12.6. The number of halogens is 1. The largest absolute Gasteiger partial charge is 0.504 e. The second-order valence-corrected chi connectivity index (χ2v) is 6.42. The molecule has 0 saturated carbocycles. The van der Waals surface area contributed by atoms with Crippen molar-refractivity contribution >= 4 is 11.0 Å². The molecule has 26 heavy (non-hydrogen) atoms. The van der Waals surface area contributed by atoms with Crippen LogP contribution in [0.25, 0.3) is 11.0 Å². The van der Waals surface area contributed by atoms with Gasteiger partial charge in [-0.05, 0) is 44.0 Å². The Morgan fingerprint density at radius 1 is 1.27 bits per heavy atom. The summed E-state index contributed by atoms with van der Waals surface area (Å²) in [7, 11) is 0. The Morgan fingerprint density at radius 3 is 2.77 bits per heavy atom. The van der Waals surface area contributed by atoms with Gasteiger partial charge in [-0.25, -0.2) is 4.39 Å². The molecular formula is C19H24FN5O. The van der Waals surface area contributed by atoms with Gasteiger partial charge in [0.1, 0.15) is 0 Å². The Kier molecular flexibility index (Phi) is 6.01. The number of dihydropyridines is 1. The summed E-state index contributed by atoms with van der Waals surface area (Å²) in [5, 5.41) is 18.6. The number of aromatic nitrogens is 2. The van der Waals surface area contributed by atoms with E-state index < -0.39 is 5.83 Å². The first-order valence-corrected chi connectivity index (χ1v) is 8.82. The quantitative estimate of drug-likeness (QED) is 0.676. The molecule has 1 aromatic heterocycles. The van der Waals surface area contributed by atoms with Crippen molar-refractivity contribution in [1.29, 1.82) is 0 Å². The molecule has 1 aromatic carbocycles. The van der Waals surface area contributed by atoms with Crippen molar-refractivity contribution in [2.45, 2.75) is 32.4 Å². The number of aliphatic hydroxyl groups excluding tert-OH is 1. The summed E-state index contributed by atoms with van der Waals surface area (Å²) in [6, 6.07) is 6.50. The molecule has 1 atom stereocenters. The monoisotopic (exact) mass is 357 g/mol. The van der Waals surface area contributed by atoms with E-state index in [0.29, 0.717) is 12.2 Å². The summed E-state index contributed by atoms with van der Waals surface area (Å²) < 4.78 is 13.2. The van der Waals surface area contributed by atoms with E-state index in [0.717, 1.165) is 22.6 Å². The van der Waals surface area contributed by atoms with Crippen molar-refractivity contribution in [2.75, 3.05) is 13.1 Å². The fourth-order valence-corrected chi connectivity index (χ4v) is 2.85. The van der Waals surface area contributed by atoms with E-state index in [1.54, 1.807) is 18.6 Å². The average molecular weight is 357 g/mol. The zero-order valence-corrected chi connectivity index (χ0v) is 14.8. The van der Waals surface area contributed by atoms with Gasteiger partial charge >= 0.3 is 0 Å². The number of hydrogen-bond acceptors (Lipinski definition) is 6. The highest BCUT2D eigenvalue weighted by Crippen LogP contribution is 2.15. The third-order valence-electron chi connectivity index (χ3n) is 4.34. The zero-order chi connectivity index (χ0) is 18.4. The molecule has 4 rings (SSSR count). The van der Waals surface area contributed by atoms with E-state index in [1.807, 2.05) is 18.2 Å². The smallest absolute Gasteiger partial charge is 0.173 e. The zero-order valence-electron chi connectivity index (χ0n) is 14.8. The molecule has 1 fully saturated rings. The molecule has 138 valence electrons. The number of aliphatic hydroxyl groups is 1. The minimum Gasteiger partial charge on any atom is -0.504 e. The number of nitrogens with zero attached hydrogens (tertiary/aromatic N) is 2. The molecule has 0 bridgehead atoms. The van der Waals surface area contributed by atoms with Crippen molar-refractivity contribution in [3.8, 4) is 0 Å². The topological polar surface area (TPSA) is 82.1 Å². The van der Waals surface area contributed by atoms with Gasteiger partial charge in [0.15, 0.2) is 11.6 Å². The molecule has 1 saturated heterocycles. The number of benzene rings is 1. The van der Waals surface area contributed by atoms with Crippen LogP contribution in [0.5, 0.6) is 0 Å². The molecule has 2 aliphatic heterocycles. The van der Waals surface area contributed by atoms with E-state index in [9.17, 15) is 9.50 Å². The van der Waals surface area contributed by atoms with E-state index >= 15 is 0 Å². The van der Waals surface area contributed by atoms with Crippen LogP contribution < -0.4 is 16.0 Å². The van der Waals surface area contributed by atoms with Crippen molar-refractivity contribution < 1.29 is 9.50 Å². The van der Waals surface area contributed by atoms with Crippen molar-refractivity contribution in [2.24, 2.45) is 0 Å². The Morgan fingerprint density at radius 2 is 2.08 bits per heavy atom. The van der Waals surface area contributed by atoms with Crippen LogP contribution in [-0.4, -0.2) is 34.2 Å². The Hall–Kier alpha value is -2.67. The summed E-state index contributed by atoms with van der Waals surface area (Å²) in [5.41, 5.74) is 2.93. The van der Waals surface area contributed by atoms with Gasteiger partial charge in [-0.2, -0.15) is 0 Å². The Labute approximate surface area is 152 Å². The number of fused-ring (bicyclic) bond motifs is 1. The molecule has 0 spiro atoms. The molecule has 2 aliphatic rings. The highest BCUT2D eigenvalue weighted by molar-refractivity contribution is 5.74. The van der Waals surface area contributed by atoms with Gasteiger partial charge in [0.2, 0.25) is 0 Å². The van der Waals surface area contributed by atoms with E-state index in [4.69, 9.17) is 0 Å². The van der Waals surface area contributed by atoms with Crippen LogP contribution in [0.4, 0.5) is 4.39 Å². The molecule has 1 unspecified atom stereocenters. The van der Waals surface area contributed by atoms with Gasteiger partial charge in [0, 0.05) is 31.2 Å². The fourth-order valence-electron chi connectivity index (χ4n) is 2.85. The molecule has 0 amide bonds.